The molecule has 0 amide bonds. The molecule has 0 N–H and O–H groups in total. The molecular weight excluding hydrogens is 118 g/mol. The summed E-state index contributed by atoms with van der Waals surface area (Å²) in [7, 11) is 8.03. The molecule has 0 nitrogen and oxygen atoms in total. The Morgan fingerprint density at radius 2 is 1.90 bits per heavy atom. The zero-order valence-corrected chi connectivity index (χ0v) is 7.52. The predicted octanol–water partition coefficient (Wildman–Crippen LogP) is 2.08. The van der Waals surface area contributed by atoms with E-state index in [4.69, 9.17) is 7.49 Å². The van der Waals surface area contributed by atoms with Crippen LogP contribution in [0.5, 0.6) is 0 Å². The molecule has 0 aromatic heterocycles. The molecule has 0 unspecified atom stereocenters. The zero-order chi connectivity index (χ0) is 8.15. The van der Waals surface area contributed by atoms with Crippen LogP contribution in [0, 0.1) is 0 Å². The maximum absolute atomic E-state index is 5.75. The van der Waals surface area contributed by atoms with Crippen LogP contribution in [0.2, 0.25) is 11.6 Å². The summed E-state index contributed by atoms with van der Waals surface area (Å²) < 4.78 is 0. The van der Waals surface area contributed by atoms with Gasteiger partial charge in [0, 0.05) is 0 Å². The standard InChI is InChI=1S/C8H16B2/c1-5-8(9)7(4)10-6(2)3/h6-7H,5H2,1-4H3/t7-/m0/s1. The van der Waals surface area contributed by atoms with E-state index in [9.17, 15) is 0 Å². The Kier molecular flexibility index (Phi) is 4.76. The second-order valence-corrected chi connectivity index (χ2v) is 3.15. The van der Waals surface area contributed by atoms with Crippen LogP contribution in [0.1, 0.15) is 34.1 Å². The summed E-state index contributed by atoms with van der Waals surface area (Å²) in [5.41, 5.74) is 1.09. The third-order valence-corrected chi connectivity index (χ3v) is 1.67. The monoisotopic (exact) mass is 134 g/mol. The second-order valence-electron chi connectivity index (χ2n) is 3.15. The SMILES string of the molecule is [B]=C(CC)[C@H](C)[B]C(C)C. The van der Waals surface area contributed by atoms with E-state index in [2.05, 4.69) is 35.0 Å². The summed E-state index contributed by atoms with van der Waals surface area (Å²) in [5.74, 6) is 1.12. The minimum absolute atomic E-state index is 0.477. The van der Waals surface area contributed by atoms with E-state index < -0.39 is 0 Å². The van der Waals surface area contributed by atoms with Gasteiger partial charge in [0.1, 0.15) is 0 Å². The van der Waals surface area contributed by atoms with Crippen LogP contribution >= 0.6 is 0 Å². The van der Waals surface area contributed by atoms with E-state index in [1.165, 1.54) is 0 Å². The Morgan fingerprint density at radius 3 is 2.20 bits per heavy atom. The molecule has 0 bridgehead atoms. The molecule has 0 aliphatic heterocycles. The van der Waals surface area contributed by atoms with Crippen molar-refractivity contribution in [1.82, 2.24) is 0 Å². The van der Waals surface area contributed by atoms with Gasteiger partial charge >= 0.3 is 66.0 Å². The molecule has 0 fully saturated rings. The Hall–Kier alpha value is -0.000130. The van der Waals surface area contributed by atoms with Crippen molar-refractivity contribution in [2.24, 2.45) is 0 Å². The third-order valence-electron chi connectivity index (χ3n) is 1.67. The van der Waals surface area contributed by atoms with Gasteiger partial charge in [-0.2, -0.15) is 0 Å². The fourth-order valence-electron chi connectivity index (χ4n) is 1.02. The van der Waals surface area contributed by atoms with Gasteiger partial charge in [-0.1, -0.05) is 0 Å². The van der Waals surface area contributed by atoms with E-state index in [0.717, 1.165) is 11.9 Å². The summed E-state index contributed by atoms with van der Waals surface area (Å²) in [6, 6.07) is 0. The average molecular weight is 134 g/mol. The molecular formula is C8H16B2. The van der Waals surface area contributed by atoms with Gasteiger partial charge in [-0.25, -0.2) is 0 Å². The van der Waals surface area contributed by atoms with Crippen LogP contribution in [0.25, 0.3) is 0 Å². The van der Waals surface area contributed by atoms with Gasteiger partial charge < -0.3 is 0 Å². The van der Waals surface area contributed by atoms with E-state index >= 15 is 0 Å². The molecule has 0 aliphatic carbocycles. The van der Waals surface area contributed by atoms with Gasteiger partial charge in [-0.05, 0) is 0 Å². The minimum atomic E-state index is 0.477. The van der Waals surface area contributed by atoms with Crippen molar-refractivity contribution < 1.29 is 0 Å². The van der Waals surface area contributed by atoms with Crippen LogP contribution in [0.3, 0.4) is 0 Å². The van der Waals surface area contributed by atoms with Gasteiger partial charge in [0.05, 0.1) is 0 Å². The second kappa shape index (κ2) is 4.76. The van der Waals surface area contributed by atoms with Crippen molar-refractivity contribution in [2.75, 3.05) is 0 Å². The first-order valence-electron chi connectivity index (χ1n) is 4.04. The molecule has 0 rings (SSSR count). The molecule has 0 aromatic rings. The fourth-order valence-corrected chi connectivity index (χ4v) is 1.02. The van der Waals surface area contributed by atoms with Crippen molar-refractivity contribution in [1.29, 1.82) is 0 Å². The molecule has 0 aromatic carbocycles. The van der Waals surface area contributed by atoms with Crippen LogP contribution in [-0.2, 0) is 0 Å². The van der Waals surface area contributed by atoms with Crippen molar-refractivity contribution >= 4 is 20.2 Å². The number of hydrogen-bond acceptors (Lipinski definition) is 0. The van der Waals surface area contributed by atoms with Crippen molar-refractivity contribution in [3.63, 3.8) is 0 Å². The van der Waals surface area contributed by atoms with Gasteiger partial charge in [0.2, 0.25) is 0 Å². The van der Waals surface area contributed by atoms with Crippen LogP contribution in [0.15, 0.2) is 0 Å². The van der Waals surface area contributed by atoms with E-state index in [-0.39, 0.29) is 0 Å². The Bertz CT molecular complexity index is 108. The summed E-state index contributed by atoms with van der Waals surface area (Å²) >= 11 is 0. The topological polar surface area (TPSA) is 0 Å². The number of hydrogen-bond donors (Lipinski definition) is 0. The molecule has 0 spiro atoms. The molecule has 1 atom stereocenters. The Morgan fingerprint density at radius 1 is 1.40 bits per heavy atom. The average Bonchev–Trinajstić information content (AvgIpc) is 1.85. The molecule has 0 saturated heterocycles. The van der Waals surface area contributed by atoms with Crippen LogP contribution in [0.4, 0.5) is 0 Å². The Labute approximate surface area is 66.7 Å². The zero-order valence-electron chi connectivity index (χ0n) is 7.52. The third kappa shape index (κ3) is 3.92. The van der Waals surface area contributed by atoms with Crippen molar-refractivity contribution in [3.05, 3.63) is 0 Å². The first-order chi connectivity index (χ1) is 4.57. The maximum atomic E-state index is 5.75. The molecule has 0 aliphatic rings. The summed E-state index contributed by atoms with van der Waals surface area (Å²) in [4.78, 5) is 0. The summed E-state index contributed by atoms with van der Waals surface area (Å²) in [6.07, 6.45) is 0.990. The van der Waals surface area contributed by atoms with Crippen LogP contribution in [-0.4, -0.2) is 20.2 Å². The first-order valence-corrected chi connectivity index (χ1v) is 4.04. The van der Waals surface area contributed by atoms with Crippen molar-refractivity contribution in [2.45, 2.75) is 45.8 Å². The van der Waals surface area contributed by atoms with Gasteiger partial charge in [0.15, 0.2) is 0 Å². The molecule has 0 heterocycles. The quantitative estimate of drug-likeness (QED) is 0.516. The molecule has 10 heavy (non-hydrogen) atoms. The Balaban J connectivity index is 3.61. The van der Waals surface area contributed by atoms with Gasteiger partial charge in [0.25, 0.3) is 0 Å². The summed E-state index contributed by atoms with van der Waals surface area (Å²) in [6.45, 7) is 8.61. The predicted molar refractivity (Wildman–Crippen MR) is 51.3 cm³/mol. The summed E-state index contributed by atoms with van der Waals surface area (Å²) in [5, 5.41) is 0. The molecule has 0 saturated carbocycles. The van der Waals surface area contributed by atoms with E-state index in [0.29, 0.717) is 11.6 Å². The van der Waals surface area contributed by atoms with E-state index in [1.807, 2.05) is 0 Å². The first kappa shape index (κ1) is 10.00. The molecule has 2 radical (unpaired) electrons. The van der Waals surface area contributed by atoms with Gasteiger partial charge in [-0.3, -0.25) is 0 Å². The van der Waals surface area contributed by atoms with Gasteiger partial charge in [-0.15, -0.1) is 0 Å². The number of rotatable bonds is 4. The van der Waals surface area contributed by atoms with E-state index in [1.54, 1.807) is 0 Å². The van der Waals surface area contributed by atoms with Crippen LogP contribution < -0.4 is 0 Å². The molecule has 54 valence electrons. The van der Waals surface area contributed by atoms with Crippen molar-refractivity contribution in [3.8, 4) is 0 Å². The normalized spacial score (nSPS) is 13.2. The fraction of sp³-hybridized carbons (Fsp3) is 0.875. The molecule has 2 heteroatoms.